The Balaban J connectivity index is 1.62. The first-order valence-corrected chi connectivity index (χ1v) is 7.90. The molecule has 3 nitrogen and oxygen atoms in total. The van der Waals surface area contributed by atoms with Crippen molar-refractivity contribution in [3.8, 4) is 5.75 Å². The van der Waals surface area contributed by atoms with Crippen molar-refractivity contribution >= 4 is 16.9 Å². The van der Waals surface area contributed by atoms with Gasteiger partial charge in [-0.2, -0.15) is 0 Å². The zero-order valence-electron chi connectivity index (χ0n) is 11.3. The summed E-state index contributed by atoms with van der Waals surface area (Å²) in [5.74, 6) is 2.99. The molecule has 102 valence electrons. The normalized spacial score (nSPS) is 27.9. The van der Waals surface area contributed by atoms with Crippen LogP contribution in [0.3, 0.4) is 0 Å². The topological polar surface area (TPSA) is 33.6 Å². The maximum absolute atomic E-state index is 5.23. The fraction of sp³-hybridized carbons (Fsp3) is 0.533. The van der Waals surface area contributed by atoms with E-state index >= 15 is 0 Å². The van der Waals surface area contributed by atoms with E-state index in [-0.39, 0.29) is 0 Å². The molecule has 1 N–H and O–H groups in total. The van der Waals surface area contributed by atoms with Gasteiger partial charge in [0.1, 0.15) is 5.75 Å². The molecular formula is C15H20N2OS. The van der Waals surface area contributed by atoms with Crippen molar-refractivity contribution in [1.29, 1.82) is 0 Å². The van der Waals surface area contributed by atoms with Gasteiger partial charge >= 0.3 is 0 Å². The van der Waals surface area contributed by atoms with E-state index in [1.165, 1.54) is 30.6 Å². The molecule has 3 rings (SSSR count). The van der Waals surface area contributed by atoms with Gasteiger partial charge in [-0.3, -0.25) is 4.99 Å². The smallest absolute Gasteiger partial charge is 0.157 e. The van der Waals surface area contributed by atoms with Gasteiger partial charge in [-0.15, -0.1) is 0 Å². The Morgan fingerprint density at radius 1 is 1.42 bits per heavy atom. The quantitative estimate of drug-likeness (QED) is 0.921. The Labute approximate surface area is 118 Å². The standard InChI is InChI=1S/C15H20N2OS/c1-18-13-6-2-4-11(8-13)9-16-15-17-14-7-3-5-12(14)10-19-15/h2,4,6,8,12,14H,3,5,7,9-10H2,1H3,(H,16,17). The van der Waals surface area contributed by atoms with Crippen LogP contribution in [0.4, 0.5) is 0 Å². The summed E-state index contributed by atoms with van der Waals surface area (Å²) in [4.78, 5) is 4.70. The highest BCUT2D eigenvalue weighted by Gasteiger charge is 2.31. The van der Waals surface area contributed by atoms with Crippen molar-refractivity contribution < 1.29 is 4.74 Å². The first-order chi connectivity index (χ1) is 9.35. The number of hydrogen-bond acceptors (Lipinski definition) is 3. The number of ether oxygens (including phenoxy) is 1. The van der Waals surface area contributed by atoms with Crippen molar-refractivity contribution in [2.24, 2.45) is 10.9 Å². The Bertz CT molecular complexity index is 475. The van der Waals surface area contributed by atoms with Gasteiger partial charge in [-0.05, 0) is 36.5 Å². The lowest BCUT2D eigenvalue weighted by molar-refractivity contribution is 0.414. The Hall–Kier alpha value is -1.16. The predicted molar refractivity (Wildman–Crippen MR) is 80.9 cm³/mol. The van der Waals surface area contributed by atoms with Crippen LogP contribution in [0.15, 0.2) is 29.3 Å². The van der Waals surface area contributed by atoms with Gasteiger partial charge in [0.15, 0.2) is 5.17 Å². The molecule has 1 saturated carbocycles. The molecular weight excluding hydrogens is 256 g/mol. The van der Waals surface area contributed by atoms with Crippen LogP contribution < -0.4 is 10.1 Å². The summed E-state index contributed by atoms with van der Waals surface area (Å²) < 4.78 is 5.23. The highest BCUT2D eigenvalue weighted by Crippen LogP contribution is 2.32. The van der Waals surface area contributed by atoms with Crippen LogP contribution in [0.2, 0.25) is 0 Å². The summed E-state index contributed by atoms with van der Waals surface area (Å²) in [6.45, 7) is 0.726. The van der Waals surface area contributed by atoms with Crippen LogP contribution in [0.1, 0.15) is 24.8 Å². The van der Waals surface area contributed by atoms with Crippen molar-refractivity contribution in [2.75, 3.05) is 12.9 Å². The molecule has 2 aliphatic rings. The van der Waals surface area contributed by atoms with Gasteiger partial charge in [-0.25, -0.2) is 0 Å². The van der Waals surface area contributed by atoms with E-state index in [2.05, 4.69) is 17.4 Å². The van der Waals surface area contributed by atoms with Gasteiger partial charge in [-0.1, -0.05) is 30.3 Å². The molecule has 2 unspecified atom stereocenters. The molecule has 1 saturated heterocycles. The largest absolute Gasteiger partial charge is 0.497 e. The second kappa shape index (κ2) is 5.87. The third-order valence-electron chi connectivity index (χ3n) is 3.94. The second-order valence-electron chi connectivity index (χ2n) is 5.23. The van der Waals surface area contributed by atoms with E-state index in [1.54, 1.807) is 7.11 Å². The minimum Gasteiger partial charge on any atom is -0.497 e. The lowest BCUT2D eigenvalue weighted by Crippen LogP contribution is -2.41. The van der Waals surface area contributed by atoms with Crippen molar-refractivity contribution in [1.82, 2.24) is 5.32 Å². The molecule has 0 amide bonds. The fourth-order valence-corrected chi connectivity index (χ4v) is 4.00. The van der Waals surface area contributed by atoms with Crippen LogP contribution in [0.5, 0.6) is 5.75 Å². The summed E-state index contributed by atoms with van der Waals surface area (Å²) in [6.07, 6.45) is 4.06. The SMILES string of the molecule is COc1cccc(CN=C2NC3CCCC3CS2)c1. The summed E-state index contributed by atoms with van der Waals surface area (Å²) >= 11 is 1.88. The summed E-state index contributed by atoms with van der Waals surface area (Å²) in [5, 5.41) is 4.71. The van der Waals surface area contributed by atoms with Gasteiger partial charge in [0.2, 0.25) is 0 Å². The Morgan fingerprint density at radius 2 is 2.37 bits per heavy atom. The maximum Gasteiger partial charge on any atom is 0.157 e. The average molecular weight is 276 g/mol. The average Bonchev–Trinajstić information content (AvgIpc) is 2.93. The monoisotopic (exact) mass is 276 g/mol. The maximum atomic E-state index is 5.23. The first kappa shape index (κ1) is 12.9. The second-order valence-corrected chi connectivity index (χ2v) is 6.23. The Morgan fingerprint density at radius 3 is 3.26 bits per heavy atom. The van der Waals surface area contributed by atoms with Crippen molar-refractivity contribution in [3.63, 3.8) is 0 Å². The highest BCUT2D eigenvalue weighted by atomic mass is 32.2. The zero-order valence-corrected chi connectivity index (χ0v) is 12.1. The molecule has 1 aliphatic heterocycles. The number of benzene rings is 1. The number of fused-ring (bicyclic) bond motifs is 1. The number of amidine groups is 1. The number of rotatable bonds is 3. The number of hydrogen-bond donors (Lipinski definition) is 1. The molecule has 1 heterocycles. The lowest BCUT2D eigenvalue weighted by atomic mass is 10.1. The number of thioether (sulfide) groups is 1. The highest BCUT2D eigenvalue weighted by molar-refractivity contribution is 8.13. The summed E-state index contributed by atoms with van der Waals surface area (Å²) in [6, 6.07) is 8.80. The third kappa shape index (κ3) is 3.06. The number of methoxy groups -OCH3 is 1. The number of nitrogens with one attached hydrogen (secondary N) is 1. The Kier molecular flexibility index (Phi) is 3.97. The number of nitrogens with zero attached hydrogens (tertiary/aromatic N) is 1. The van der Waals surface area contributed by atoms with Crippen molar-refractivity contribution in [3.05, 3.63) is 29.8 Å². The summed E-state index contributed by atoms with van der Waals surface area (Å²) in [7, 11) is 1.70. The van der Waals surface area contributed by atoms with Crippen LogP contribution in [0.25, 0.3) is 0 Å². The van der Waals surface area contributed by atoms with E-state index < -0.39 is 0 Å². The fourth-order valence-electron chi connectivity index (χ4n) is 2.84. The number of aliphatic imine (C=N–C) groups is 1. The molecule has 2 atom stereocenters. The molecule has 1 aliphatic carbocycles. The van der Waals surface area contributed by atoms with Gasteiger partial charge < -0.3 is 10.1 Å². The molecule has 4 heteroatoms. The van der Waals surface area contributed by atoms with Crippen LogP contribution >= 0.6 is 11.8 Å². The molecule has 0 aromatic heterocycles. The lowest BCUT2D eigenvalue weighted by Gasteiger charge is -2.28. The minimum atomic E-state index is 0.672. The zero-order chi connectivity index (χ0) is 13.1. The molecule has 0 radical (unpaired) electrons. The van der Waals surface area contributed by atoms with Gasteiger partial charge in [0, 0.05) is 11.8 Å². The molecule has 19 heavy (non-hydrogen) atoms. The minimum absolute atomic E-state index is 0.672. The van der Waals surface area contributed by atoms with E-state index in [1.807, 2.05) is 23.9 Å². The van der Waals surface area contributed by atoms with Crippen LogP contribution in [-0.4, -0.2) is 24.1 Å². The predicted octanol–water partition coefficient (Wildman–Crippen LogP) is 3.06. The van der Waals surface area contributed by atoms with Crippen LogP contribution in [-0.2, 0) is 6.54 Å². The molecule has 0 spiro atoms. The van der Waals surface area contributed by atoms with Gasteiger partial charge in [0.25, 0.3) is 0 Å². The van der Waals surface area contributed by atoms with Crippen molar-refractivity contribution in [2.45, 2.75) is 31.8 Å². The van der Waals surface area contributed by atoms with E-state index in [9.17, 15) is 0 Å². The molecule has 1 aromatic rings. The molecule has 0 bridgehead atoms. The van der Waals surface area contributed by atoms with E-state index in [0.29, 0.717) is 6.04 Å². The van der Waals surface area contributed by atoms with Crippen LogP contribution in [0, 0.1) is 5.92 Å². The van der Waals surface area contributed by atoms with Gasteiger partial charge in [0.05, 0.1) is 13.7 Å². The first-order valence-electron chi connectivity index (χ1n) is 6.92. The summed E-state index contributed by atoms with van der Waals surface area (Å²) in [5.41, 5.74) is 1.20. The molecule has 2 fully saturated rings. The van der Waals surface area contributed by atoms with E-state index in [0.717, 1.165) is 23.4 Å². The third-order valence-corrected chi connectivity index (χ3v) is 5.06. The van der Waals surface area contributed by atoms with E-state index in [4.69, 9.17) is 9.73 Å². The molecule has 1 aromatic carbocycles.